The third-order valence-corrected chi connectivity index (χ3v) is 3.50. The highest BCUT2D eigenvalue weighted by atomic mass is 35.5. The number of benzene rings is 2. The van der Waals surface area contributed by atoms with E-state index >= 15 is 0 Å². The lowest BCUT2D eigenvalue weighted by molar-refractivity contribution is 0.241. The predicted octanol–water partition coefficient (Wildman–Crippen LogP) is 4.59. The summed E-state index contributed by atoms with van der Waals surface area (Å²) in [6.07, 6.45) is 0. The second-order valence-corrected chi connectivity index (χ2v) is 5.51. The maximum Gasteiger partial charge on any atom is 0.264 e. The third-order valence-electron chi connectivity index (χ3n) is 3.25. The number of halogens is 1. The van der Waals surface area contributed by atoms with Crippen molar-refractivity contribution < 1.29 is 9.26 Å². The lowest BCUT2D eigenvalue weighted by Crippen LogP contribution is -1.97. The molecule has 2 aromatic carbocycles. The normalized spacial score (nSPS) is 10.7. The van der Waals surface area contributed by atoms with Crippen molar-refractivity contribution in [2.24, 2.45) is 0 Å². The molecule has 0 unspecified atom stereocenters. The summed E-state index contributed by atoms with van der Waals surface area (Å²) in [5.41, 5.74) is 3.14. The average Bonchev–Trinajstić information content (AvgIpc) is 2.96. The number of aromatic nitrogens is 2. The number of aryl methyl sites for hydroxylation is 2. The van der Waals surface area contributed by atoms with Gasteiger partial charge in [-0.15, -0.1) is 0 Å². The molecule has 0 saturated carbocycles. The molecule has 0 amide bonds. The molecule has 0 aliphatic rings. The second-order valence-electron chi connectivity index (χ2n) is 5.08. The van der Waals surface area contributed by atoms with Crippen LogP contribution in [0.3, 0.4) is 0 Å². The van der Waals surface area contributed by atoms with Crippen LogP contribution in [0.15, 0.2) is 47.0 Å². The Bertz CT molecular complexity index is 782. The van der Waals surface area contributed by atoms with Crippen LogP contribution in [0.5, 0.6) is 5.75 Å². The molecule has 3 rings (SSSR count). The zero-order valence-electron chi connectivity index (χ0n) is 12.3. The van der Waals surface area contributed by atoms with E-state index in [1.807, 2.05) is 38.1 Å². The van der Waals surface area contributed by atoms with Crippen LogP contribution in [-0.2, 0) is 6.61 Å². The first kappa shape index (κ1) is 14.6. The van der Waals surface area contributed by atoms with E-state index in [2.05, 4.69) is 16.2 Å². The van der Waals surface area contributed by atoms with Crippen LogP contribution in [-0.4, -0.2) is 10.1 Å². The van der Waals surface area contributed by atoms with Crippen molar-refractivity contribution >= 4 is 11.6 Å². The van der Waals surface area contributed by atoms with Crippen molar-refractivity contribution in [1.82, 2.24) is 10.1 Å². The van der Waals surface area contributed by atoms with E-state index in [-0.39, 0.29) is 6.61 Å². The van der Waals surface area contributed by atoms with E-state index in [0.29, 0.717) is 16.7 Å². The molecule has 1 aromatic heterocycles. The van der Waals surface area contributed by atoms with Gasteiger partial charge in [0, 0.05) is 10.6 Å². The molecule has 1 heterocycles. The number of hydrogen-bond donors (Lipinski definition) is 0. The first-order chi connectivity index (χ1) is 10.6. The fourth-order valence-electron chi connectivity index (χ4n) is 2.13. The Labute approximate surface area is 133 Å². The Kier molecular flexibility index (Phi) is 4.11. The molecule has 22 heavy (non-hydrogen) atoms. The van der Waals surface area contributed by atoms with Crippen molar-refractivity contribution in [2.75, 3.05) is 0 Å². The van der Waals surface area contributed by atoms with Crippen LogP contribution in [0.1, 0.15) is 17.0 Å². The summed E-state index contributed by atoms with van der Waals surface area (Å²) in [7, 11) is 0. The van der Waals surface area contributed by atoms with Crippen LogP contribution in [0.25, 0.3) is 11.4 Å². The Morgan fingerprint density at radius 2 is 1.86 bits per heavy atom. The predicted molar refractivity (Wildman–Crippen MR) is 85.0 cm³/mol. The van der Waals surface area contributed by atoms with Crippen molar-refractivity contribution in [3.8, 4) is 17.1 Å². The Hall–Kier alpha value is -2.33. The van der Waals surface area contributed by atoms with Gasteiger partial charge in [0.1, 0.15) is 5.75 Å². The standard InChI is InChI=1S/C17H15ClN2O2/c1-11-3-8-15(12(2)9-11)21-10-16-19-17(20-22-16)13-4-6-14(18)7-5-13/h3-9H,10H2,1-2H3. The van der Waals surface area contributed by atoms with E-state index < -0.39 is 0 Å². The van der Waals surface area contributed by atoms with E-state index in [0.717, 1.165) is 16.9 Å². The van der Waals surface area contributed by atoms with Gasteiger partial charge in [0.25, 0.3) is 5.89 Å². The monoisotopic (exact) mass is 314 g/mol. The topological polar surface area (TPSA) is 48.2 Å². The lowest BCUT2D eigenvalue weighted by Gasteiger charge is -2.07. The zero-order chi connectivity index (χ0) is 15.5. The molecule has 112 valence electrons. The van der Waals surface area contributed by atoms with Crippen molar-refractivity contribution in [3.63, 3.8) is 0 Å². The molecular weight excluding hydrogens is 300 g/mol. The molecule has 5 heteroatoms. The van der Waals surface area contributed by atoms with Crippen LogP contribution in [0.2, 0.25) is 5.02 Å². The maximum absolute atomic E-state index is 5.86. The van der Waals surface area contributed by atoms with E-state index in [1.165, 1.54) is 5.56 Å². The maximum atomic E-state index is 5.86. The molecule has 0 N–H and O–H groups in total. The minimum Gasteiger partial charge on any atom is -0.483 e. The number of rotatable bonds is 4. The quantitative estimate of drug-likeness (QED) is 0.707. The van der Waals surface area contributed by atoms with Gasteiger partial charge in [-0.25, -0.2) is 0 Å². The molecule has 0 spiro atoms. The van der Waals surface area contributed by atoms with Gasteiger partial charge in [0.05, 0.1) is 0 Å². The van der Waals surface area contributed by atoms with E-state index in [4.69, 9.17) is 20.9 Å². The van der Waals surface area contributed by atoms with Crippen LogP contribution < -0.4 is 4.74 Å². The molecule has 0 bridgehead atoms. The largest absolute Gasteiger partial charge is 0.483 e. The lowest BCUT2D eigenvalue weighted by atomic mass is 10.1. The molecular formula is C17H15ClN2O2. The van der Waals surface area contributed by atoms with E-state index in [9.17, 15) is 0 Å². The molecule has 0 aliphatic carbocycles. The van der Waals surface area contributed by atoms with Gasteiger partial charge < -0.3 is 9.26 Å². The van der Waals surface area contributed by atoms with Gasteiger partial charge in [-0.05, 0) is 49.7 Å². The van der Waals surface area contributed by atoms with Crippen molar-refractivity contribution in [2.45, 2.75) is 20.5 Å². The third kappa shape index (κ3) is 3.28. The summed E-state index contributed by atoms with van der Waals surface area (Å²) in [4.78, 5) is 4.33. The van der Waals surface area contributed by atoms with Gasteiger partial charge in [-0.2, -0.15) is 4.98 Å². The Morgan fingerprint density at radius 1 is 1.09 bits per heavy atom. The van der Waals surface area contributed by atoms with Crippen molar-refractivity contribution in [3.05, 3.63) is 64.5 Å². The second kappa shape index (κ2) is 6.20. The molecule has 0 saturated heterocycles. The summed E-state index contributed by atoms with van der Waals surface area (Å²) < 4.78 is 10.9. The number of hydrogen-bond acceptors (Lipinski definition) is 4. The fraction of sp³-hybridized carbons (Fsp3) is 0.176. The Morgan fingerprint density at radius 3 is 2.59 bits per heavy atom. The number of nitrogens with zero attached hydrogens (tertiary/aromatic N) is 2. The SMILES string of the molecule is Cc1ccc(OCc2nc(-c3ccc(Cl)cc3)no2)c(C)c1. The van der Waals surface area contributed by atoms with Crippen LogP contribution in [0.4, 0.5) is 0 Å². The molecule has 0 aliphatic heterocycles. The van der Waals surface area contributed by atoms with Crippen LogP contribution in [0, 0.1) is 13.8 Å². The summed E-state index contributed by atoms with van der Waals surface area (Å²) in [6, 6.07) is 13.3. The van der Waals surface area contributed by atoms with Gasteiger partial charge in [-0.1, -0.05) is 34.5 Å². The summed E-state index contributed by atoms with van der Waals surface area (Å²) in [5.74, 6) is 1.78. The van der Waals surface area contributed by atoms with Gasteiger partial charge in [0.2, 0.25) is 5.82 Å². The summed E-state index contributed by atoms with van der Waals surface area (Å²) in [5, 5.41) is 4.63. The molecule has 3 aromatic rings. The summed E-state index contributed by atoms with van der Waals surface area (Å²) in [6.45, 7) is 4.30. The minimum atomic E-state index is 0.241. The molecule has 0 radical (unpaired) electrons. The highest BCUT2D eigenvalue weighted by Crippen LogP contribution is 2.21. The number of ether oxygens (including phenoxy) is 1. The molecule has 4 nitrogen and oxygen atoms in total. The molecule has 0 fully saturated rings. The molecule has 0 atom stereocenters. The Balaban J connectivity index is 1.70. The summed E-state index contributed by atoms with van der Waals surface area (Å²) >= 11 is 5.86. The first-order valence-electron chi connectivity index (χ1n) is 6.90. The van der Waals surface area contributed by atoms with Crippen molar-refractivity contribution in [1.29, 1.82) is 0 Å². The van der Waals surface area contributed by atoms with Gasteiger partial charge in [0.15, 0.2) is 6.61 Å². The van der Waals surface area contributed by atoms with E-state index in [1.54, 1.807) is 12.1 Å². The highest BCUT2D eigenvalue weighted by Gasteiger charge is 2.10. The fourth-order valence-corrected chi connectivity index (χ4v) is 2.26. The highest BCUT2D eigenvalue weighted by molar-refractivity contribution is 6.30. The zero-order valence-corrected chi connectivity index (χ0v) is 13.1. The smallest absolute Gasteiger partial charge is 0.264 e. The van der Waals surface area contributed by atoms with Gasteiger partial charge >= 0.3 is 0 Å². The van der Waals surface area contributed by atoms with Crippen LogP contribution >= 0.6 is 11.6 Å². The average molecular weight is 315 g/mol. The minimum absolute atomic E-state index is 0.241. The van der Waals surface area contributed by atoms with Gasteiger partial charge in [-0.3, -0.25) is 0 Å². The first-order valence-corrected chi connectivity index (χ1v) is 7.28.